The monoisotopic (exact) mass is 856 g/mol. The van der Waals surface area contributed by atoms with Gasteiger partial charge in [0.2, 0.25) is 11.4 Å². The van der Waals surface area contributed by atoms with Gasteiger partial charge in [-0.15, -0.1) is 0 Å². The predicted molar refractivity (Wildman–Crippen MR) is 259 cm³/mol. The number of rotatable bonds is 10. The van der Waals surface area contributed by atoms with E-state index in [1.807, 2.05) is 36.4 Å². The zero-order valence-corrected chi connectivity index (χ0v) is 35.1. The molecule has 9 aromatic rings. The highest BCUT2D eigenvalue weighted by molar-refractivity contribution is 6.18. The van der Waals surface area contributed by atoms with Crippen LogP contribution >= 0.6 is 0 Å². The highest BCUT2D eigenvalue weighted by Crippen LogP contribution is 2.68. The lowest BCUT2D eigenvalue weighted by Crippen LogP contribution is -2.36. The molecule has 0 bridgehead atoms. The van der Waals surface area contributed by atoms with Crippen molar-refractivity contribution in [3.05, 3.63) is 273 Å². The molecule has 2 unspecified atom stereocenters. The van der Waals surface area contributed by atoms with Crippen molar-refractivity contribution in [1.82, 2.24) is 9.29 Å². The van der Waals surface area contributed by atoms with Crippen LogP contribution < -0.4 is 9.29 Å². The Morgan fingerprint density at radius 2 is 0.530 bits per heavy atom. The van der Waals surface area contributed by atoms with Crippen LogP contribution in [-0.2, 0) is 0 Å². The van der Waals surface area contributed by atoms with Crippen molar-refractivity contribution >= 4 is 57.3 Å². The van der Waals surface area contributed by atoms with E-state index in [1.54, 1.807) is 146 Å². The van der Waals surface area contributed by atoms with Crippen LogP contribution in [-0.4, -0.2) is 23.1 Å². The first-order valence-electron chi connectivity index (χ1n) is 21.4. The van der Waals surface area contributed by atoms with Crippen molar-refractivity contribution in [1.29, 1.82) is 0 Å². The van der Waals surface area contributed by atoms with E-state index in [4.69, 9.17) is 0 Å². The summed E-state index contributed by atoms with van der Waals surface area (Å²) in [7, 11) is 0. The minimum absolute atomic E-state index is 0.0334. The topological polar surface area (TPSA) is 114 Å². The summed E-state index contributed by atoms with van der Waals surface area (Å²) in [6.07, 6.45) is 0. The van der Waals surface area contributed by atoms with Crippen LogP contribution in [0.4, 0.5) is 34.1 Å². The Morgan fingerprint density at radius 1 is 0.273 bits per heavy atom. The fourth-order valence-corrected chi connectivity index (χ4v) is 9.52. The highest BCUT2D eigenvalue weighted by Gasteiger charge is 2.52. The summed E-state index contributed by atoms with van der Waals surface area (Å²) in [5, 5.41) is 34.0. The minimum Gasteiger partial charge on any atom is -0.616 e. The number of carbonyl (C=O) groups excluding carboxylic acids is 4. The average molecular weight is 857 g/mol. The quantitative estimate of drug-likeness (QED) is 0.0768. The van der Waals surface area contributed by atoms with E-state index in [-0.39, 0.29) is 56.4 Å². The van der Waals surface area contributed by atoms with E-state index in [9.17, 15) is 19.2 Å². The van der Waals surface area contributed by atoms with Crippen molar-refractivity contribution < 1.29 is 19.2 Å². The molecule has 0 N–H and O–H groups in total. The number of carbonyl (C=O) groups is 4. The molecule has 0 aliphatic carbocycles. The Bertz CT molecular complexity index is 3090. The number of hydrogen-bond acceptors (Lipinski definition) is 6. The van der Waals surface area contributed by atoms with E-state index in [0.717, 1.165) is 0 Å². The van der Waals surface area contributed by atoms with Gasteiger partial charge in [0.1, 0.15) is 11.4 Å². The number of benzene rings is 9. The second-order valence-corrected chi connectivity index (χ2v) is 16.4. The molecular formula is C58H36N2O6. The van der Waals surface area contributed by atoms with Crippen LogP contribution in [0.2, 0.25) is 0 Å². The van der Waals surface area contributed by atoms with Crippen LogP contribution in [0.25, 0.3) is 22.3 Å². The molecule has 0 aromatic heterocycles. The van der Waals surface area contributed by atoms with Gasteiger partial charge in [-0.05, 0) is 36.4 Å². The first kappa shape index (κ1) is 40.3. The molecule has 8 nitrogen and oxygen atoms in total. The highest BCUT2D eigenvalue weighted by atomic mass is 16.6. The van der Waals surface area contributed by atoms with Gasteiger partial charge in [-0.25, -0.2) is 0 Å². The van der Waals surface area contributed by atoms with E-state index in [2.05, 4.69) is 0 Å². The molecule has 0 saturated heterocycles. The zero-order valence-electron chi connectivity index (χ0n) is 35.1. The fourth-order valence-electron chi connectivity index (χ4n) is 9.52. The Kier molecular flexibility index (Phi) is 9.54. The van der Waals surface area contributed by atoms with E-state index in [0.29, 0.717) is 44.5 Å². The number of quaternary nitrogens is 2. The molecule has 66 heavy (non-hydrogen) atoms. The molecular weight excluding hydrogens is 821 g/mol. The van der Waals surface area contributed by atoms with E-state index in [1.165, 1.54) is 36.4 Å². The van der Waals surface area contributed by atoms with E-state index >= 15 is 10.4 Å². The molecule has 2 aliphatic rings. The molecule has 2 atom stereocenters. The van der Waals surface area contributed by atoms with Crippen LogP contribution in [0, 0.1) is 10.4 Å². The molecule has 0 saturated carbocycles. The summed E-state index contributed by atoms with van der Waals surface area (Å²) in [5.74, 6) is -1.58. The Labute approximate surface area is 379 Å². The number of nitrogens with zero attached hydrogens (tertiary/aromatic N) is 2. The number of para-hydroxylation sites is 2. The molecule has 0 radical (unpaired) electrons. The van der Waals surface area contributed by atoms with Crippen molar-refractivity contribution in [2.45, 2.75) is 0 Å². The molecule has 0 spiro atoms. The standard InChI is InChI=1S/C58H36N2O6/c61-55(37-17-5-1-6-18-37)41-31-42(56(62)38-19-7-2-8-20-38)34-45(33-41)59(65)51-27-15-13-25-47(51)49-29-30-50-48-26-14-16-28-52(48)60(66,54(50)53(49)59)46-35-43(57(63)39-21-9-3-10-22-39)32-44(36-46)58(64)40-23-11-4-12-24-40/h1-36H. The van der Waals surface area contributed by atoms with Crippen molar-refractivity contribution in [3.8, 4) is 22.3 Å². The lowest BCUT2D eigenvalue weighted by atomic mass is 9.95. The maximum atomic E-state index is 17.0. The van der Waals surface area contributed by atoms with Gasteiger partial charge in [-0.3, -0.25) is 28.5 Å². The molecule has 2 aliphatic heterocycles. The van der Waals surface area contributed by atoms with Gasteiger partial charge in [-0.1, -0.05) is 146 Å². The molecule has 0 amide bonds. The summed E-state index contributed by atoms with van der Waals surface area (Å²) in [6, 6.07) is 61.6. The second-order valence-electron chi connectivity index (χ2n) is 16.4. The summed E-state index contributed by atoms with van der Waals surface area (Å²) in [6.45, 7) is 0. The fraction of sp³-hybridized carbons (Fsp3) is 0. The molecule has 314 valence electrons. The minimum atomic E-state index is -1.34. The lowest BCUT2D eigenvalue weighted by Gasteiger charge is -2.44. The van der Waals surface area contributed by atoms with E-state index < -0.39 is 32.4 Å². The first-order chi connectivity index (χ1) is 32.2. The second kappa shape index (κ2) is 15.6. The lowest BCUT2D eigenvalue weighted by molar-refractivity contribution is 0.102. The average Bonchev–Trinajstić information content (AvgIpc) is 3.81. The third kappa shape index (κ3) is 6.24. The Morgan fingerprint density at radius 3 is 0.818 bits per heavy atom. The number of ketones is 4. The predicted octanol–water partition coefficient (Wildman–Crippen LogP) is 13.5. The van der Waals surface area contributed by atoms with Crippen LogP contribution in [0.1, 0.15) is 63.7 Å². The molecule has 9 aromatic carbocycles. The van der Waals surface area contributed by atoms with Gasteiger partial charge in [-0.2, -0.15) is 0 Å². The van der Waals surface area contributed by atoms with Gasteiger partial charge in [0, 0.05) is 80.9 Å². The Hall–Kier alpha value is -8.50. The summed E-state index contributed by atoms with van der Waals surface area (Å²) < 4.78 is -2.68. The normalized spacial score (nSPS) is 16.4. The largest absolute Gasteiger partial charge is 0.616 e. The van der Waals surface area contributed by atoms with Gasteiger partial charge < -0.3 is 10.4 Å². The van der Waals surface area contributed by atoms with Crippen molar-refractivity contribution in [3.63, 3.8) is 0 Å². The van der Waals surface area contributed by atoms with Gasteiger partial charge in [0.15, 0.2) is 34.5 Å². The Balaban J connectivity index is 1.20. The van der Waals surface area contributed by atoms with Gasteiger partial charge in [0.25, 0.3) is 0 Å². The third-order valence-electron chi connectivity index (χ3n) is 12.6. The van der Waals surface area contributed by atoms with Crippen LogP contribution in [0.5, 0.6) is 0 Å². The smallest absolute Gasteiger partial charge is 0.214 e. The van der Waals surface area contributed by atoms with Gasteiger partial charge >= 0.3 is 0 Å². The maximum Gasteiger partial charge on any atom is 0.214 e. The van der Waals surface area contributed by atoms with Crippen molar-refractivity contribution in [2.75, 3.05) is 0 Å². The number of fused-ring (bicyclic) bond motifs is 7. The third-order valence-corrected chi connectivity index (χ3v) is 12.6. The number of hydrogen-bond donors (Lipinski definition) is 0. The summed E-state index contributed by atoms with van der Waals surface area (Å²) >= 11 is 0. The summed E-state index contributed by atoms with van der Waals surface area (Å²) in [5.41, 5.74) is 4.82. The molecule has 11 rings (SSSR count). The van der Waals surface area contributed by atoms with Crippen molar-refractivity contribution in [2.24, 2.45) is 0 Å². The molecule has 0 fully saturated rings. The zero-order chi connectivity index (χ0) is 45.2. The maximum absolute atomic E-state index is 17.0. The molecule has 8 heteroatoms. The first-order valence-corrected chi connectivity index (χ1v) is 21.4. The SMILES string of the molecule is O=C(c1ccccc1)c1cc(C(=O)c2ccccc2)cc([N+]2([O-])c3ccccc3-c3ccc4c(c32)[N+]([O-])(c2cc(C(=O)c3ccccc3)cc(C(=O)c3ccccc3)c2)c2ccccc2-4)c1. The van der Waals surface area contributed by atoms with Gasteiger partial charge in [0.05, 0.1) is 22.3 Å². The van der Waals surface area contributed by atoms with Crippen LogP contribution in [0.15, 0.2) is 218 Å². The summed E-state index contributed by atoms with van der Waals surface area (Å²) in [4.78, 5) is 57.6. The van der Waals surface area contributed by atoms with Crippen LogP contribution in [0.3, 0.4) is 0 Å². The molecule has 2 heterocycles.